The van der Waals surface area contributed by atoms with Crippen molar-refractivity contribution >= 4 is 30.3 Å². The van der Waals surface area contributed by atoms with Gasteiger partial charge >= 0.3 is 0 Å². The number of hydrogen-bond acceptors (Lipinski definition) is 6. The summed E-state index contributed by atoms with van der Waals surface area (Å²) >= 11 is 0. The number of aliphatic imine (C=N–C) groups is 4. The van der Waals surface area contributed by atoms with Crippen molar-refractivity contribution in [3.05, 3.63) is 0 Å². The minimum Gasteiger partial charge on any atom is -0.320 e. The second kappa shape index (κ2) is 3.70. The van der Waals surface area contributed by atoms with E-state index < -0.39 is 12.1 Å². The maximum Gasteiger partial charge on any atom is 0.241 e. The number of nitrogens with one attached hydrogen (secondary N) is 1. The average Bonchev–Trinajstić information content (AvgIpc) is 2.66. The Bertz CT molecular complexity index is 405. The lowest BCUT2D eigenvalue weighted by Crippen LogP contribution is -2.47. The van der Waals surface area contributed by atoms with Gasteiger partial charge in [0.2, 0.25) is 5.91 Å². The first-order chi connectivity index (χ1) is 7.18. The average molecular weight is 206 g/mol. The van der Waals surface area contributed by atoms with E-state index in [4.69, 9.17) is 5.73 Å². The van der Waals surface area contributed by atoms with Gasteiger partial charge in [-0.3, -0.25) is 9.79 Å². The fourth-order valence-electron chi connectivity index (χ4n) is 1.15. The molecule has 78 valence electrons. The van der Waals surface area contributed by atoms with Gasteiger partial charge in [-0.2, -0.15) is 0 Å². The van der Waals surface area contributed by atoms with Gasteiger partial charge in [-0.25, -0.2) is 15.0 Å². The highest BCUT2D eigenvalue weighted by Gasteiger charge is 2.27. The summed E-state index contributed by atoms with van der Waals surface area (Å²) in [5.74, 6) is 0.648. The summed E-state index contributed by atoms with van der Waals surface area (Å²) < 4.78 is 0. The van der Waals surface area contributed by atoms with Gasteiger partial charge in [0, 0.05) is 0 Å². The van der Waals surface area contributed by atoms with Crippen LogP contribution in [0.25, 0.3) is 0 Å². The van der Waals surface area contributed by atoms with Crippen LogP contribution >= 0.6 is 0 Å². The minimum atomic E-state index is -0.586. The fraction of sp³-hybridized carbons (Fsp3) is 0.375. The molecule has 0 radical (unpaired) electrons. The first kappa shape index (κ1) is 9.66. The predicted molar refractivity (Wildman–Crippen MR) is 57.4 cm³/mol. The van der Waals surface area contributed by atoms with Crippen molar-refractivity contribution in [2.75, 3.05) is 0 Å². The third-order valence-electron chi connectivity index (χ3n) is 1.96. The summed E-state index contributed by atoms with van der Waals surface area (Å²) in [6, 6.07) is -0.977. The third-order valence-corrected chi connectivity index (χ3v) is 1.96. The lowest BCUT2D eigenvalue weighted by Gasteiger charge is -2.15. The number of nitrogens with two attached hydrogens (primary N) is 1. The predicted octanol–water partition coefficient (Wildman–Crippen LogP) is -1.30. The Hall–Kier alpha value is -1.89. The second-order valence-corrected chi connectivity index (χ2v) is 3.19. The topological polar surface area (TPSA) is 105 Å². The van der Waals surface area contributed by atoms with E-state index in [2.05, 4.69) is 25.3 Å². The standard InChI is InChI=1S/C8H10N6O/c1-4(9)8(15)14-7-5-6(11-2-10-5)12-3-13-7/h2-5H,9H2,1H3,(H,10,11,12,13,14,15). The molecular weight excluding hydrogens is 196 g/mol. The van der Waals surface area contributed by atoms with Gasteiger partial charge in [0.05, 0.1) is 6.04 Å². The largest absolute Gasteiger partial charge is 0.320 e. The van der Waals surface area contributed by atoms with Crippen molar-refractivity contribution in [3.63, 3.8) is 0 Å². The molecular formula is C8H10N6O. The molecule has 3 N–H and O–H groups in total. The van der Waals surface area contributed by atoms with Crippen LogP contribution in [0, 0.1) is 0 Å². The Morgan fingerprint density at radius 2 is 2.33 bits per heavy atom. The Kier molecular flexibility index (Phi) is 2.38. The summed E-state index contributed by atoms with van der Waals surface area (Å²) in [5, 5.41) is 2.59. The lowest BCUT2D eigenvalue weighted by atomic mass is 10.2. The number of amidine groups is 2. The van der Waals surface area contributed by atoms with Crippen LogP contribution in [0.4, 0.5) is 0 Å². The molecule has 0 aromatic rings. The summed E-state index contributed by atoms with van der Waals surface area (Å²) in [6.45, 7) is 1.60. The first-order valence-corrected chi connectivity index (χ1v) is 4.44. The number of rotatable bonds is 1. The van der Waals surface area contributed by atoms with Crippen molar-refractivity contribution in [2.24, 2.45) is 25.7 Å². The molecule has 0 aliphatic carbocycles. The smallest absolute Gasteiger partial charge is 0.241 e. The van der Waals surface area contributed by atoms with E-state index in [-0.39, 0.29) is 5.91 Å². The van der Waals surface area contributed by atoms with Crippen LogP contribution in [0.1, 0.15) is 6.92 Å². The number of carbonyl (C=O) groups excluding carboxylic acids is 1. The highest BCUT2D eigenvalue weighted by atomic mass is 16.2. The van der Waals surface area contributed by atoms with Gasteiger partial charge in [-0.15, -0.1) is 0 Å². The van der Waals surface area contributed by atoms with Gasteiger partial charge in [-0.1, -0.05) is 0 Å². The van der Waals surface area contributed by atoms with Crippen LogP contribution in [-0.4, -0.2) is 42.3 Å². The number of hydrogen-bond donors (Lipinski definition) is 2. The molecule has 2 aliphatic heterocycles. The number of nitrogens with zero attached hydrogens (tertiary/aromatic N) is 4. The van der Waals surface area contributed by atoms with E-state index >= 15 is 0 Å². The van der Waals surface area contributed by atoms with Gasteiger partial charge in [0.15, 0.2) is 11.9 Å². The van der Waals surface area contributed by atoms with Crippen molar-refractivity contribution < 1.29 is 4.79 Å². The van der Waals surface area contributed by atoms with E-state index in [0.29, 0.717) is 11.7 Å². The van der Waals surface area contributed by atoms with Crippen molar-refractivity contribution in [3.8, 4) is 0 Å². The highest BCUT2D eigenvalue weighted by molar-refractivity contribution is 6.22. The fourth-order valence-corrected chi connectivity index (χ4v) is 1.15. The molecule has 0 saturated heterocycles. The van der Waals surface area contributed by atoms with Crippen molar-refractivity contribution in [2.45, 2.75) is 19.0 Å². The summed E-state index contributed by atoms with van der Waals surface area (Å²) in [7, 11) is 0. The second-order valence-electron chi connectivity index (χ2n) is 3.19. The van der Waals surface area contributed by atoms with Gasteiger partial charge < -0.3 is 11.1 Å². The zero-order valence-electron chi connectivity index (χ0n) is 8.08. The molecule has 0 fully saturated rings. The Morgan fingerprint density at radius 3 is 3.07 bits per heavy atom. The van der Waals surface area contributed by atoms with Crippen LogP contribution in [0.2, 0.25) is 0 Å². The molecule has 7 nitrogen and oxygen atoms in total. The zero-order valence-corrected chi connectivity index (χ0v) is 8.08. The van der Waals surface area contributed by atoms with Crippen LogP contribution < -0.4 is 11.1 Å². The Balaban J connectivity index is 2.13. The van der Waals surface area contributed by atoms with Crippen LogP contribution in [0.3, 0.4) is 0 Å². The monoisotopic (exact) mass is 206 g/mol. The molecule has 2 atom stereocenters. The molecule has 0 spiro atoms. The summed E-state index contributed by atoms with van der Waals surface area (Å²) in [4.78, 5) is 27.2. The molecule has 1 amide bonds. The molecule has 2 unspecified atom stereocenters. The van der Waals surface area contributed by atoms with Crippen LogP contribution in [0.15, 0.2) is 20.0 Å². The van der Waals surface area contributed by atoms with Crippen molar-refractivity contribution in [1.82, 2.24) is 5.32 Å². The molecule has 15 heavy (non-hydrogen) atoms. The van der Waals surface area contributed by atoms with E-state index in [1.54, 1.807) is 6.92 Å². The molecule has 2 rings (SSSR count). The SMILES string of the molecule is CC(N)C(=O)NC1=NC=NC2=NC=NC21. The normalized spacial score (nSPS) is 24.3. The van der Waals surface area contributed by atoms with Crippen molar-refractivity contribution in [1.29, 1.82) is 0 Å². The van der Waals surface area contributed by atoms with Gasteiger partial charge in [0.1, 0.15) is 18.5 Å². The molecule has 0 aromatic heterocycles. The Morgan fingerprint density at radius 1 is 1.53 bits per heavy atom. The minimum absolute atomic E-state index is 0.300. The van der Waals surface area contributed by atoms with Gasteiger partial charge in [-0.05, 0) is 6.92 Å². The van der Waals surface area contributed by atoms with Gasteiger partial charge in [0.25, 0.3) is 0 Å². The molecule has 2 aliphatic rings. The summed E-state index contributed by atoms with van der Waals surface area (Å²) in [6.07, 6.45) is 2.73. The molecule has 0 aromatic carbocycles. The maximum absolute atomic E-state index is 11.3. The molecule has 2 heterocycles. The number of amides is 1. The van der Waals surface area contributed by atoms with Crippen LogP contribution in [0.5, 0.6) is 0 Å². The lowest BCUT2D eigenvalue weighted by molar-refractivity contribution is -0.120. The highest BCUT2D eigenvalue weighted by Crippen LogP contribution is 2.07. The maximum atomic E-state index is 11.3. The number of carbonyl (C=O) groups is 1. The first-order valence-electron chi connectivity index (χ1n) is 4.44. The third kappa shape index (κ3) is 1.82. The quantitative estimate of drug-likeness (QED) is 0.556. The Labute approximate surface area is 85.9 Å². The van der Waals surface area contributed by atoms with E-state index in [0.717, 1.165) is 0 Å². The summed E-state index contributed by atoms with van der Waals surface area (Å²) in [5.41, 5.74) is 5.42. The van der Waals surface area contributed by atoms with E-state index in [1.165, 1.54) is 12.7 Å². The van der Waals surface area contributed by atoms with Crippen LogP contribution in [-0.2, 0) is 4.79 Å². The molecule has 7 heteroatoms. The number of fused-ring (bicyclic) bond motifs is 1. The molecule has 0 saturated carbocycles. The zero-order chi connectivity index (χ0) is 10.8. The van der Waals surface area contributed by atoms with E-state index in [9.17, 15) is 4.79 Å². The molecule has 0 bridgehead atoms. The van der Waals surface area contributed by atoms with E-state index in [1.807, 2.05) is 0 Å².